The molecule has 1 N–H and O–H groups in total. The minimum absolute atomic E-state index is 0.0672. The van der Waals surface area contributed by atoms with Crippen molar-refractivity contribution in [3.8, 4) is 0 Å². The van der Waals surface area contributed by atoms with Crippen molar-refractivity contribution in [1.82, 2.24) is 9.62 Å². The lowest BCUT2D eigenvalue weighted by Crippen LogP contribution is -2.50. The number of nitrogens with one attached hydrogen (secondary N) is 1. The number of amides is 1. The summed E-state index contributed by atoms with van der Waals surface area (Å²) in [4.78, 5) is 13.1. The molecular formula is C19H28N2O4S. The molecule has 2 heterocycles. The zero-order valence-corrected chi connectivity index (χ0v) is 16.1. The standard InChI is InChI=1S/C19H28N2O4S/c1-26(23,24)21-11-7-16(8-12-21)15-20-18(22)19(9-13-25-14-10-19)17-5-3-2-4-6-17/h2-6,16H,7-15H2,1H3,(H,20,22). The van der Waals surface area contributed by atoms with Crippen LogP contribution in [0.3, 0.4) is 0 Å². The van der Waals surface area contributed by atoms with Gasteiger partial charge in [-0.1, -0.05) is 30.3 Å². The first-order valence-corrected chi connectivity index (χ1v) is 11.1. The number of ether oxygens (including phenoxy) is 1. The van der Waals surface area contributed by atoms with Gasteiger partial charge in [-0.25, -0.2) is 12.7 Å². The Morgan fingerprint density at radius 1 is 1.19 bits per heavy atom. The van der Waals surface area contributed by atoms with Gasteiger partial charge in [0.15, 0.2) is 0 Å². The highest BCUT2D eigenvalue weighted by molar-refractivity contribution is 7.88. The summed E-state index contributed by atoms with van der Waals surface area (Å²) >= 11 is 0. The number of hydrogen-bond donors (Lipinski definition) is 1. The molecule has 1 aromatic rings. The van der Waals surface area contributed by atoms with Gasteiger partial charge in [-0.3, -0.25) is 4.79 Å². The zero-order chi connectivity index (χ0) is 18.6. The molecule has 2 aliphatic heterocycles. The molecule has 6 nitrogen and oxygen atoms in total. The Balaban J connectivity index is 1.61. The van der Waals surface area contributed by atoms with E-state index in [1.807, 2.05) is 30.3 Å². The number of nitrogens with zero attached hydrogens (tertiary/aromatic N) is 1. The van der Waals surface area contributed by atoms with E-state index in [-0.39, 0.29) is 5.91 Å². The normalized spacial score (nSPS) is 22.0. The fraction of sp³-hybridized carbons (Fsp3) is 0.632. The molecule has 0 bridgehead atoms. The number of hydrogen-bond acceptors (Lipinski definition) is 4. The van der Waals surface area contributed by atoms with Gasteiger partial charge in [-0.05, 0) is 37.2 Å². The molecule has 144 valence electrons. The van der Waals surface area contributed by atoms with Gasteiger partial charge in [0.1, 0.15) is 0 Å². The quantitative estimate of drug-likeness (QED) is 0.840. The van der Waals surface area contributed by atoms with Crippen molar-refractivity contribution in [1.29, 1.82) is 0 Å². The molecule has 1 aromatic carbocycles. The van der Waals surface area contributed by atoms with E-state index in [9.17, 15) is 13.2 Å². The molecule has 0 saturated carbocycles. The van der Waals surface area contributed by atoms with E-state index >= 15 is 0 Å². The van der Waals surface area contributed by atoms with Gasteiger partial charge >= 0.3 is 0 Å². The van der Waals surface area contributed by atoms with Crippen LogP contribution < -0.4 is 5.32 Å². The van der Waals surface area contributed by atoms with E-state index < -0.39 is 15.4 Å². The van der Waals surface area contributed by atoms with Crippen LogP contribution in [-0.2, 0) is 25.0 Å². The number of sulfonamides is 1. The van der Waals surface area contributed by atoms with Crippen LogP contribution in [0.2, 0.25) is 0 Å². The summed E-state index contributed by atoms with van der Waals surface area (Å²) in [5.74, 6) is 0.391. The molecule has 0 aliphatic carbocycles. The van der Waals surface area contributed by atoms with Crippen molar-refractivity contribution in [3.05, 3.63) is 35.9 Å². The second-order valence-electron chi connectivity index (χ2n) is 7.38. The van der Waals surface area contributed by atoms with Crippen molar-refractivity contribution in [2.24, 2.45) is 5.92 Å². The summed E-state index contributed by atoms with van der Waals surface area (Å²) in [5, 5.41) is 3.15. The van der Waals surface area contributed by atoms with Gasteiger partial charge in [0.05, 0.1) is 11.7 Å². The Morgan fingerprint density at radius 3 is 2.38 bits per heavy atom. The van der Waals surface area contributed by atoms with Gasteiger partial charge in [-0.15, -0.1) is 0 Å². The molecule has 0 spiro atoms. The molecule has 26 heavy (non-hydrogen) atoms. The Labute approximate surface area is 156 Å². The van der Waals surface area contributed by atoms with Gasteiger partial charge < -0.3 is 10.1 Å². The first kappa shape index (κ1) is 19.3. The number of piperidine rings is 1. The second-order valence-corrected chi connectivity index (χ2v) is 9.36. The van der Waals surface area contributed by atoms with Crippen LogP contribution in [0.4, 0.5) is 0 Å². The van der Waals surface area contributed by atoms with Gasteiger partial charge in [0, 0.05) is 32.8 Å². The van der Waals surface area contributed by atoms with Gasteiger partial charge in [0.25, 0.3) is 0 Å². The third kappa shape index (κ3) is 4.27. The predicted molar refractivity (Wildman–Crippen MR) is 100 cm³/mol. The molecule has 0 atom stereocenters. The fourth-order valence-electron chi connectivity index (χ4n) is 3.98. The maximum atomic E-state index is 13.1. The van der Waals surface area contributed by atoms with Crippen LogP contribution in [0.5, 0.6) is 0 Å². The summed E-state index contributed by atoms with van der Waals surface area (Å²) in [7, 11) is -3.11. The maximum absolute atomic E-state index is 13.1. The predicted octanol–water partition coefficient (Wildman–Crippen LogP) is 1.52. The number of carbonyl (C=O) groups is 1. The van der Waals surface area contributed by atoms with E-state index in [4.69, 9.17) is 4.74 Å². The lowest BCUT2D eigenvalue weighted by Gasteiger charge is -2.37. The Hall–Kier alpha value is -1.44. The van der Waals surface area contributed by atoms with E-state index in [1.165, 1.54) is 10.6 Å². The van der Waals surface area contributed by atoms with Crippen LogP contribution >= 0.6 is 0 Å². The summed E-state index contributed by atoms with van der Waals surface area (Å²) < 4.78 is 30.2. The Bertz CT molecular complexity index is 706. The van der Waals surface area contributed by atoms with E-state index in [2.05, 4.69) is 5.32 Å². The first-order valence-electron chi connectivity index (χ1n) is 9.28. The highest BCUT2D eigenvalue weighted by Crippen LogP contribution is 2.35. The monoisotopic (exact) mass is 380 g/mol. The third-order valence-electron chi connectivity index (χ3n) is 5.70. The molecule has 7 heteroatoms. The highest BCUT2D eigenvalue weighted by Gasteiger charge is 2.41. The van der Waals surface area contributed by atoms with Crippen molar-refractivity contribution in [2.75, 3.05) is 39.1 Å². The van der Waals surface area contributed by atoms with Gasteiger partial charge in [0.2, 0.25) is 15.9 Å². The smallest absolute Gasteiger partial charge is 0.230 e. The number of carbonyl (C=O) groups excluding carboxylic acids is 1. The summed E-state index contributed by atoms with van der Waals surface area (Å²) in [6, 6.07) is 9.95. The van der Waals surface area contributed by atoms with E-state index in [0.717, 1.165) is 18.4 Å². The average Bonchev–Trinajstić information content (AvgIpc) is 2.67. The molecule has 0 radical (unpaired) electrons. The lowest BCUT2D eigenvalue weighted by molar-refractivity contribution is -0.130. The van der Waals surface area contributed by atoms with Crippen LogP contribution in [0.1, 0.15) is 31.2 Å². The minimum Gasteiger partial charge on any atom is -0.381 e. The third-order valence-corrected chi connectivity index (χ3v) is 7.00. The average molecular weight is 381 g/mol. The zero-order valence-electron chi connectivity index (χ0n) is 15.3. The van der Waals surface area contributed by atoms with E-state index in [1.54, 1.807) is 0 Å². The fourth-order valence-corrected chi connectivity index (χ4v) is 4.85. The van der Waals surface area contributed by atoms with Crippen molar-refractivity contribution >= 4 is 15.9 Å². The van der Waals surface area contributed by atoms with Crippen LogP contribution in [0.25, 0.3) is 0 Å². The molecule has 0 aromatic heterocycles. The molecule has 2 aliphatic rings. The minimum atomic E-state index is -3.11. The lowest BCUT2D eigenvalue weighted by atomic mass is 9.73. The molecule has 1 amide bonds. The Kier molecular flexibility index (Phi) is 5.99. The molecule has 2 saturated heterocycles. The first-order chi connectivity index (χ1) is 12.4. The molecule has 0 unspecified atom stereocenters. The van der Waals surface area contributed by atoms with E-state index in [0.29, 0.717) is 51.6 Å². The van der Waals surface area contributed by atoms with Crippen LogP contribution in [0.15, 0.2) is 30.3 Å². The van der Waals surface area contributed by atoms with Crippen molar-refractivity contribution in [2.45, 2.75) is 31.1 Å². The van der Waals surface area contributed by atoms with Crippen molar-refractivity contribution < 1.29 is 17.9 Å². The number of rotatable bonds is 5. The topological polar surface area (TPSA) is 75.7 Å². The van der Waals surface area contributed by atoms with Crippen LogP contribution in [-0.4, -0.2) is 57.7 Å². The number of benzene rings is 1. The van der Waals surface area contributed by atoms with Crippen molar-refractivity contribution in [3.63, 3.8) is 0 Å². The Morgan fingerprint density at radius 2 is 1.81 bits per heavy atom. The largest absolute Gasteiger partial charge is 0.381 e. The summed E-state index contributed by atoms with van der Waals surface area (Å²) in [6.45, 7) is 2.87. The summed E-state index contributed by atoms with van der Waals surface area (Å²) in [6.07, 6.45) is 4.21. The SMILES string of the molecule is CS(=O)(=O)N1CCC(CNC(=O)C2(c3ccccc3)CCOCC2)CC1. The summed E-state index contributed by atoms with van der Waals surface area (Å²) in [5.41, 5.74) is 0.528. The second kappa shape index (κ2) is 8.06. The molecule has 2 fully saturated rings. The molecule has 3 rings (SSSR count). The molecular weight excluding hydrogens is 352 g/mol. The van der Waals surface area contributed by atoms with Gasteiger partial charge in [-0.2, -0.15) is 0 Å². The van der Waals surface area contributed by atoms with Crippen LogP contribution in [0, 0.1) is 5.92 Å². The highest BCUT2D eigenvalue weighted by atomic mass is 32.2. The maximum Gasteiger partial charge on any atom is 0.230 e.